The molecule has 0 spiro atoms. The van der Waals surface area contributed by atoms with Crippen LogP contribution < -0.4 is 59.0 Å². The third kappa shape index (κ3) is 7.70. The zero-order valence-corrected chi connectivity index (χ0v) is 29.3. The van der Waals surface area contributed by atoms with Gasteiger partial charge in [-0.05, 0) is 5.56 Å². The maximum atomic E-state index is 8.18. The molecule has 0 aromatic heterocycles. The first-order valence-electron chi connectivity index (χ1n) is 15.7. The van der Waals surface area contributed by atoms with Gasteiger partial charge in [0.1, 0.15) is 0 Å². The molecule has 0 saturated heterocycles. The molecule has 5 aromatic carbocycles. The van der Waals surface area contributed by atoms with Crippen LogP contribution in [0.1, 0.15) is 23.7 Å². The van der Waals surface area contributed by atoms with E-state index < -0.39 is 5.96 Å². The van der Waals surface area contributed by atoms with Gasteiger partial charge < -0.3 is 17.0 Å². The van der Waals surface area contributed by atoms with E-state index in [2.05, 4.69) is 118 Å². The summed E-state index contributed by atoms with van der Waals surface area (Å²) in [6.07, 6.45) is 2.15. The third-order valence-corrected chi connectivity index (χ3v) is 16.0. The molecular formula is C38H40BrClN5OP. The second kappa shape index (κ2) is 15.6. The molecule has 1 aliphatic rings. The Kier molecular flexibility index (Phi) is 11.4. The van der Waals surface area contributed by atoms with Crippen molar-refractivity contribution < 1.29 is 26.7 Å². The first kappa shape index (κ1) is 34.2. The number of guanidine groups is 2. The smallest absolute Gasteiger partial charge is 1.00 e. The van der Waals surface area contributed by atoms with Crippen LogP contribution in [-0.2, 0) is 6.42 Å². The van der Waals surface area contributed by atoms with Gasteiger partial charge in [0.15, 0.2) is 0 Å². The standard InChI is InChI=1S/C38H39ClN5OP.BrH/c39-46(33-16-7-2-8-17-33,34-18-9-3-10-19-34,35-20-11-4-12-21-35)29-13-28-45-32-24-22-31(23-25-32)36-42-37(40)44-38(43-36)41-27-26-30-14-5-1-6-15-30;/h1-12,14-25,36H,13,26-29H2,(H4,40,41,42,43,44);1H. The molecule has 5 N–H and O–H groups in total. The molecule has 0 saturated carbocycles. The SMILES string of the molecule is NC1=NC(c2ccc(OCCCP(Cl)(c3ccccc3)(c3ccccc3)c3ccccc3)cc2)NC(=[NH+]CCc2ccccc2)N1.[Br-]. The quantitative estimate of drug-likeness (QED) is 0.116. The van der Waals surface area contributed by atoms with E-state index in [4.69, 9.17) is 21.7 Å². The minimum atomic E-state index is -3.31. The zero-order chi connectivity index (χ0) is 31.7. The molecule has 9 heteroatoms. The van der Waals surface area contributed by atoms with E-state index in [9.17, 15) is 0 Å². The van der Waals surface area contributed by atoms with E-state index in [-0.39, 0.29) is 23.1 Å². The number of nitrogens with one attached hydrogen (secondary N) is 3. The Hall–Kier alpha value is -4.16. The molecule has 1 unspecified atom stereocenters. The van der Waals surface area contributed by atoms with E-state index in [0.717, 1.165) is 58.7 Å². The van der Waals surface area contributed by atoms with E-state index in [1.54, 1.807) is 0 Å². The Morgan fingerprint density at radius 1 is 0.723 bits per heavy atom. The predicted octanol–water partition coefficient (Wildman–Crippen LogP) is 1.33. The van der Waals surface area contributed by atoms with Gasteiger partial charge in [-0.3, -0.25) is 0 Å². The summed E-state index contributed by atoms with van der Waals surface area (Å²) in [4.78, 5) is 7.95. The topological polar surface area (TPSA) is 85.6 Å². The first-order chi connectivity index (χ1) is 22.5. The molecule has 6 rings (SSSR count). The Morgan fingerprint density at radius 2 is 1.23 bits per heavy atom. The van der Waals surface area contributed by atoms with Gasteiger partial charge in [0.2, 0.25) is 0 Å². The van der Waals surface area contributed by atoms with Gasteiger partial charge in [-0.1, -0.05) is 30.3 Å². The van der Waals surface area contributed by atoms with Crippen molar-refractivity contribution in [1.82, 2.24) is 10.6 Å². The fraction of sp³-hybridized carbons (Fsp3) is 0.158. The summed E-state index contributed by atoms with van der Waals surface area (Å²) in [5.41, 5.74) is 8.38. The molecule has 0 aliphatic carbocycles. The Bertz CT molecular complexity index is 1680. The van der Waals surface area contributed by atoms with Crippen molar-refractivity contribution in [3.63, 3.8) is 0 Å². The van der Waals surface area contributed by atoms with E-state index in [1.807, 2.05) is 48.5 Å². The molecule has 0 amide bonds. The van der Waals surface area contributed by atoms with Gasteiger partial charge in [0.25, 0.3) is 0 Å². The van der Waals surface area contributed by atoms with Crippen molar-refractivity contribution in [2.75, 3.05) is 19.3 Å². The number of nitrogens with two attached hydrogens (primary N) is 1. The number of hydrogen-bond acceptors (Lipinski definition) is 3. The number of benzene rings is 5. The fourth-order valence-corrected chi connectivity index (χ4v) is 12.2. The van der Waals surface area contributed by atoms with Crippen molar-refractivity contribution in [3.05, 3.63) is 157 Å². The van der Waals surface area contributed by atoms with Gasteiger partial charge in [-0.25, -0.2) is 0 Å². The van der Waals surface area contributed by atoms with Crippen molar-refractivity contribution in [2.45, 2.75) is 19.0 Å². The Labute approximate surface area is 292 Å². The van der Waals surface area contributed by atoms with Crippen molar-refractivity contribution in [3.8, 4) is 5.75 Å². The number of ether oxygens (including phenoxy) is 1. The number of hydrogen-bond donors (Lipinski definition) is 4. The van der Waals surface area contributed by atoms with Crippen LogP contribution in [-0.4, -0.2) is 31.2 Å². The molecule has 6 nitrogen and oxygen atoms in total. The first-order valence-corrected chi connectivity index (χ1v) is 19.0. The Morgan fingerprint density at radius 3 is 1.77 bits per heavy atom. The van der Waals surface area contributed by atoms with Gasteiger partial charge in [0.05, 0.1) is 6.54 Å². The van der Waals surface area contributed by atoms with Gasteiger partial charge in [0, 0.05) is 6.42 Å². The second-order valence-corrected chi connectivity index (χ2v) is 18.0. The molecule has 242 valence electrons. The van der Waals surface area contributed by atoms with Gasteiger partial charge in [-0.15, -0.1) is 0 Å². The summed E-state index contributed by atoms with van der Waals surface area (Å²) in [6, 6.07) is 50.1. The summed E-state index contributed by atoms with van der Waals surface area (Å²) in [5.74, 6) is -1.40. The summed E-state index contributed by atoms with van der Waals surface area (Å²) in [6.45, 7) is 1.30. The van der Waals surface area contributed by atoms with E-state index >= 15 is 0 Å². The number of halogens is 2. The van der Waals surface area contributed by atoms with Crippen molar-refractivity contribution in [2.24, 2.45) is 10.7 Å². The summed E-state index contributed by atoms with van der Waals surface area (Å²) in [5, 5.41) is 9.98. The molecule has 0 radical (unpaired) electrons. The van der Waals surface area contributed by atoms with Gasteiger partial charge >= 0.3 is 228 Å². The third-order valence-electron chi connectivity index (χ3n) is 8.43. The molecule has 1 heterocycles. The molecule has 0 bridgehead atoms. The zero-order valence-electron chi connectivity index (χ0n) is 26.1. The van der Waals surface area contributed by atoms with Crippen LogP contribution in [0.5, 0.6) is 5.75 Å². The molecule has 0 fully saturated rings. The number of rotatable bonds is 12. The minimum Gasteiger partial charge on any atom is -1.00 e. The summed E-state index contributed by atoms with van der Waals surface area (Å²) in [7, 11) is 0. The average molecular weight is 729 g/mol. The van der Waals surface area contributed by atoms with Crippen LogP contribution in [0.2, 0.25) is 0 Å². The molecule has 47 heavy (non-hydrogen) atoms. The van der Waals surface area contributed by atoms with Crippen LogP contribution in [0.4, 0.5) is 0 Å². The van der Waals surface area contributed by atoms with Crippen LogP contribution in [0.3, 0.4) is 0 Å². The Balaban J connectivity index is 0.00000433. The summed E-state index contributed by atoms with van der Waals surface area (Å²) < 4.78 is 6.29. The molecular weight excluding hydrogens is 689 g/mol. The minimum absolute atomic E-state index is 0. The average Bonchev–Trinajstić information content (AvgIpc) is 3.12. The van der Waals surface area contributed by atoms with Crippen molar-refractivity contribution >= 4 is 45.0 Å². The maximum absolute atomic E-state index is 8.18. The van der Waals surface area contributed by atoms with Crippen molar-refractivity contribution in [1.29, 1.82) is 0 Å². The van der Waals surface area contributed by atoms with Crippen LogP contribution in [0, 0.1) is 0 Å². The summed E-state index contributed by atoms with van der Waals surface area (Å²) >= 11 is 8.18. The molecule has 1 atom stereocenters. The molecule has 1 aliphatic heterocycles. The molecule has 5 aromatic rings. The normalized spacial score (nSPS) is 16.0. The fourth-order valence-electron chi connectivity index (χ4n) is 6.08. The number of aliphatic imine (C=N–C) groups is 1. The van der Waals surface area contributed by atoms with E-state index in [1.165, 1.54) is 5.56 Å². The van der Waals surface area contributed by atoms with Crippen LogP contribution in [0.25, 0.3) is 0 Å². The van der Waals surface area contributed by atoms with Crippen LogP contribution in [0.15, 0.2) is 151 Å². The predicted molar refractivity (Wildman–Crippen MR) is 194 cm³/mol. The van der Waals surface area contributed by atoms with Gasteiger partial charge in [-0.2, -0.15) is 0 Å². The number of nitrogens with zero attached hydrogens (tertiary/aromatic N) is 1. The van der Waals surface area contributed by atoms with Crippen LogP contribution >= 0.6 is 17.2 Å². The van der Waals surface area contributed by atoms with E-state index in [0.29, 0.717) is 12.6 Å². The monoisotopic (exact) mass is 727 g/mol. The second-order valence-electron chi connectivity index (χ2n) is 11.4.